The van der Waals surface area contributed by atoms with Crippen LogP contribution >= 0.6 is 0 Å². The number of unbranched alkanes of at least 4 members (excludes halogenated alkanes) is 1. The van der Waals surface area contributed by atoms with Crippen molar-refractivity contribution >= 4 is 21.7 Å². The van der Waals surface area contributed by atoms with Crippen molar-refractivity contribution < 1.29 is 17.9 Å². The van der Waals surface area contributed by atoms with E-state index >= 15 is 0 Å². The molecule has 0 aliphatic rings. The van der Waals surface area contributed by atoms with Crippen LogP contribution in [-0.2, 0) is 14.8 Å². The molecule has 0 N–H and O–H groups in total. The van der Waals surface area contributed by atoms with E-state index in [1.54, 1.807) is 19.1 Å². The van der Waals surface area contributed by atoms with E-state index in [9.17, 15) is 13.2 Å². The van der Waals surface area contributed by atoms with Crippen LogP contribution < -0.4 is 4.31 Å². The van der Waals surface area contributed by atoms with Crippen molar-refractivity contribution in [1.29, 1.82) is 0 Å². The summed E-state index contributed by atoms with van der Waals surface area (Å²) in [6, 6.07) is 14.9. The van der Waals surface area contributed by atoms with Crippen LogP contribution in [0.5, 0.6) is 0 Å². The number of esters is 1. The fraction of sp³-hybridized carbons (Fsp3) is 0.316. The molecule has 6 heteroatoms. The van der Waals surface area contributed by atoms with Gasteiger partial charge >= 0.3 is 5.97 Å². The van der Waals surface area contributed by atoms with Crippen LogP contribution in [0.4, 0.5) is 5.69 Å². The van der Waals surface area contributed by atoms with Gasteiger partial charge in [0.1, 0.15) is 0 Å². The van der Waals surface area contributed by atoms with Gasteiger partial charge in [0.2, 0.25) is 0 Å². The molecule has 0 fully saturated rings. The Labute approximate surface area is 149 Å². The Hall–Kier alpha value is -2.34. The van der Waals surface area contributed by atoms with Crippen molar-refractivity contribution in [2.24, 2.45) is 0 Å². The van der Waals surface area contributed by atoms with Crippen LogP contribution in [0.3, 0.4) is 0 Å². The zero-order valence-corrected chi connectivity index (χ0v) is 15.3. The van der Waals surface area contributed by atoms with Gasteiger partial charge in [0.15, 0.2) is 0 Å². The molecule has 0 amide bonds. The summed E-state index contributed by atoms with van der Waals surface area (Å²) in [6.45, 7) is 4.42. The minimum absolute atomic E-state index is 0.153. The fourth-order valence-electron chi connectivity index (χ4n) is 2.39. The quantitative estimate of drug-likeness (QED) is 0.670. The van der Waals surface area contributed by atoms with Crippen LogP contribution in [0.1, 0.15) is 37.0 Å². The van der Waals surface area contributed by atoms with Crippen LogP contribution in [0.15, 0.2) is 59.5 Å². The van der Waals surface area contributed by atoms with Gasteiger partial charge in [-0.05, 0) is 49.7 Å². The van der Waals surface area contributed by atoms with E-state index in [1.165, 1.54) is 28.6 Å². The van der Waals surface area contributed by atoms with Crippen LogP contribution in [0, 0.1) is 0 Å². The summed E-state index contributed by atoms with van der Waals surface area (Å²) < 4.78 is 32.4. The van der Waals surface area contributed by atoms with Crippen molar-refractivity contribution in [1.82, 2.24) is 0 Å². The van der Waals surface area contributed by atoms with Gasteiger partial charge in [-0.1, -0.05) is 31.5 Å². The summed E-state index contributed by atoms with van der Waals surface area (Å²) in [5, 5.41) is 0. The number of hydrogen-bond donors (Lipinski definition) is 0. The van der Waals surface area contributed by atoms with Crippen LogP contribution in [0.2, 0.25) is 0 Å². The number of hydrogen-bond acceptors (Lipinski definition) is 4. The van der Waals surface area contributed by atoms with Gasteiger partial charge in [-0.15, -0.1) is 0 Å². The molecule has 134 valence electrons. The molecule has 2 aromatic carbocycles. The number of carbonyl (C=O) groups is 1. The summed E-state index contributed by atoms with van der Waals surface area (Å²) in [7, 11) is -3.70. The average Bonchev–Trinajstić information content (AvgIpc) is 2.63. The summed E-state index contributed by atoms with van der Waals surface area (Å²) in [5.41, 5.74) is 0.964. The highest BCUT2D eigenvalue weighted by atomic mass is 32.2. The van der Waals surface area contributed by atoms with E-state index in [1.807, 2.05) is 25.1 Å². The number of sulfonamides is 1. The van der Waals surface area contributed by atoms with Gasteiger partial charge in [-0.3, -0.25) is 4.31 Å². The largest absolute Gasteiger partial charge is 0.462 e. The minimum atomic E-state index is -3.70. The van der Waals surface area contributed by atoms with Gasteiger partial charge in [-0.2, -0.15) is 0 Å². The predicted octanol–water partition coefficient (Wildman–Crippen LogP) is 3.86. The first-order valence-corrected chi connectivity index (χ1v) is 9.79. The van der Waals surface area contributed by atoms with Gasteiger partial charge in [0, 0.05) is 6.54 Å². The highest BCUT2D eigenvalue weighted by Crippen LogP contribution is 2.24. The molecule has 0 saturated carbocycles. The lowest BCUT2D eigenvalue weighted by Gasteiger charge is -2.24. The maximum atomic E-state index is 13.1. The molecule has 0 bridgehead atoms. The molecule has 0 unspecified atom stereocenters. The SMILES string of the molecule is CCCCN(c1ccccc1)S(=O)(=O)c1ccc(C(=O)OCC)cc1. The third-order valence-corrected chi connectivity index (χ3v) is 5.55. The second-order valence-electron chi connectivity index (χ2n) is 5.51. The van der Waals surface area contributed by atoms with E-state index in [4.69, 9.17) is 4.74 Å². The molecule has 0 radical (unpaired) electrons. The summed E-state index contributed by atoms with van der Waals surface area (Å²) in [6.07, 6.45) is 1.65. The zero-order chi connectivity index (χ0) is 18.3. The van der Waals surface area contributed by atoms with Gasteiger partial charge in [0.25, 0.3) is 10.0 Å². The predicted molar refractivity (Wildman–Crippen MR) is 98.3 cm³/mol. The highest BCUT2D eigenvalue weighted by molar-refractivity contribution is 7.92. The molecule has 0 atom stereocenters. The van der Waals surface area contributed by atoms with E-state index in [2.05, 4.69) is 0 Å². The molecular weight excluding hydrogens is 338 g/mol. The average molecular weight is 361 g/mol. The normalized spacial score (nSPS) is 11.1. The van der Waals surface area contributed by atoms with Crippen molar-refractivity contribution in [3.05, 3.63) is 60.2 Å². The van der Waals surface area contributed by atoms with Crippen molar-refractivity contribution in [3.8, 4) is 0 Å². The first-order chi connectivity index (χ1) is 12.0. The topological polar surface area (TPSA) is 63.7 Å². The number of benzene rings is 2. The third kappa shape index (κ3) is 4.60. The van der Waals surface area contributed by atoms with Crippen molar-refractivity contribution in [3.63, 3.8) is 0 Å². The molecule has 2 aromatic rings. The lowest BCUT2D eigenvalue weighted by atomic mass is 10.2. The molecule has 0 aliphatic heterocycles. The standard InChI is InChI=1S/C19H23NO4S/c1-3-5-15-20(17-9-7-6-8-10-17)25(22,23)18-13-11-16(12-14-18)19(21)24-4-2/h6-14H,3-5,15H2,1-2H3. The Kier molecular flexibility index (Phi) is 6.58. The van der Waals surface area contributed by atoms with E-state index in [0.717, 1.165) is 12.8 Å². The maximum absolute atomic E-state index is 13.1. The molecule has 0 saturated heterocycles. The van der Waals surface area contributed by atoms with Crippen LogP contribution in [-0.4, -0.2) is 27.5 Å². The Morgan fingerprint density at radius 3 is 2.20 bits per heavy atom. The van der Waals surface area contributed by atoms with E-state index in [0.29, 0.717) is 17.8 Å². The fourth-order valence-corrected chi connectivity index (χ4v) is 3.89. The molecule has 2 rings (SSSR count). The Bertz CT molecular complexity index is 786. The molecule has 0 heterocycles. The Balaban J connectivity index is 2.34. The molecule has 0 aliphatic carbocycles. The summed E-state index contributed by atoms with van der Waals surface area (Å²) in [5.74, 6) is -0.461. The van der Waals surface area contributed by atoms with Gasteiger partial charge < -0.3 is 4.74 Å². The molecule has 5 nitrogen and oxygen atoms in total. The lowest BCUT2D eigenvalue weighted by Crippen LogP contribution is -2.32. The number of para-hydroxylation sites is 1. The number of carbonyl (C=O) groups excluding carboxylic acids is 1. The molecule has 0 spiro atoms. The van der Waals surface area contributed by atoms with Crippen molar-refractivity contribution in [2.75, 3.05) is 17.5 Å². The van der Waals surface area contributed by atoms with Crippen LogP contribution in [0.25, 0.3) is 0 Å². The number of anilines is 1. The Morgan fingerprint density at radius 1 is 1.00 bits per heavy atom. The second kappa shape index (κ2) is 8.67. The summed E-state index contributed by atoms with van der Waals surface area (Å²) in [4.78, 5) is 11.9. The minimum Gasteiger partial charge on any atom is -0.462 e. The molecular formula is C19H23NO4S. The van der Waals surface area contributed by atoms with Crippen molar-refractivity contribution in [2.45, 2.75) is 31.6 Å². The first-order valence-electron chi connectivity index (χ1n) is 8.35. The summed E-state index contributed by atoms with van der Waals surface area (Å²) >= 11 is 0. The molecule has 0 aromatic heterocycles. The number of ether oxygens (including phenoxy) is 1. The lowest BCUT2D eigenvalue weighted by molar-refractivity contribution is 0.0526. The van der Waals surface area contributed by atoms with E-state index in [-0.39, 0.29) is 11.5 Å². The maximum Gasteiger partial charge on any atom is 0.338 e. The second-order valence-corrected chi connectivity index (χ2v) is 7.37. The monoisotopic (exact) mass is 361 g/mol. The number of nitrogens with zero attached hydrogens (tertiary/aromatic N) is 1. The zero-order valence-electron chi connectivity index (χ0n) is 14.5. The molecule has 25 heavy (non-hydrogen) atoms. The first kappa shape index (κ1) is 19.0. The van der Waals surface area contributed by atoms with Gasteiger partial charge in [-0.25, -0.2) is 13.2 Å². The smallest absolute Gasteiger partial charge is 0.338 e. The Morgan fingerprint density at radius 2 is 1.64 bits per heavy atom. The third-order valence-electron chi connectivity index (χ3n) is 3.71. The van der Waals surface area contributed by atoms with E-state index < -0.39 is 16.0 Å². The van der Waals surface area contributed by atoms with Gasteiger partial charge in [0.05, 0.1) is 22.8 Å². The number of rotatable bonds is 8. The highest BCUT2D eigenvalue weighted by Gasteiger charge is 2.24.